The number of hydrogen-bond donors (Lipinski definition) is 2. The molecule has 3 aromatic rings. The van der Waals surface area contributed by atoms with E-state index in [0.717, 1.165) is 0 Å². The standard InChI is InChI=1S/C19H17FN4O3/c1-26-14-7-9-17(27-2)16(11-14)22-19(25)15-8-10-18(24-23-15)21-13-5-3-12(20)4-6-13/h3-11H,1-2H3,(H,21,24)(H,22,25). The lowest BCUT2D eigenvalue weighted by Crippen LogP contribution is -2.15. The van der Waals surface area contributed by atoms with Crippen molar-refractivity contribution >= 4 is 23.1 Å². The number of rotatable bonds is 6. The van der Waals surface area contributed by atoms with E-state index in [1.165, 1.54) is 32.4 Å². The summed E-state index contributed by atoms with van der Waals surface area (Å²) < 4.78 is 23.3. The van der Waals surface area contributed by atoms with E-state index in [0.29, 0.717) is 28.7 Å². The summed E-state index contributed by atoms with van der Waals surface area (Å²) in [5.74, 6) is 0.730. The van der Waals surface area contributed by atoms with Crippen molar-refractivity contribution in [3.63, 3.8) is 0 Å². The van der Waals surface area contributed by atoms with E-state index in [4.69, 9.17) is 9.47 Å². The van der Waals surface area contributed by atoms with Crippen molar-refractivity contribution < 1.29 is 18.7 Å². The van der Waals surface area contributed by atoms with Crippen LogP contribution in [0.2, 0.25) is 0 Å². The molecule has 0 saturated carbocycles. The number of nitrogens with zero attached hydrogens (tertiary/aromatic N) is 2. The molecule has 8 heteroatoms. The van der Waals surface area contributed by atoms with Crippen LogP contribution in [-0.2, 0) is 0 Å². The van der Waals surface area contributed by atoms with Crippen molar-refractivity contribution in [1.82, 2.24) is 10.2 Å². The maximum Gasteiger partial charge on any atom is 0.276 e. The van der Waals surface area contributed by atoms with Gasteiger partial charge in [-0.1, -0.05) is 0 Å². The molecule has 0 saturated heterocycles. The Morgan fingerprint density at radius 1 is 0.963 bits per heavy atom. The summed E-state index contributed by atoms with van der Waals surface area (Å²) in [7, 11) is 3.04. The van der Waals surface area contributed by atoms with Gasteiger partial charge in [-0.25, -0.2) is 4.39 Å². The second-order valence-corrected chi connectivity index (χ2v) is 5.46. The number of carbonyl (C=O) groups excluding carboxylic acids is 1. The van der Waals surface area contributed by atoms with E-state index >= 15 is 0 Å². The quantitative estimate of drug-likeness (QED) is 0.691. The van der Waals surface area contributed by atoms with Crippen molar-refractivity contribution in [3.05, 3.63) is 66.1 Å². The summed E-state index contributed by atoms with van der Waals surface area (Å²) in [5, 5.41) is 13.6. The van der Waals surface area contributed by atoms with Crippen molar-refractivity contribution in [1.29, 1.82) is 0 Å². The molecule has 27 heavy (non-hydrogen) atoms. The highest BCUT2D eigenvalue weighted by molar-refractivity contribution is 6.03. The third kappa shape index (κ3) is 4.49. The fraction of sp³-hybridized carbons (Fsp3) is 0.105. The maximum atomic E-state index is 12.9. The molecule has 138 valence electrons. The molecule has 0 radical (unpaired) electrons. The first-order valence-corrected chi connectivity index (χ1v) is 7.99. The Hall–Kier alpha value is -3.68. The van der Waals surface area contributed by atoms with Gasteiger partial charge in [0.2, 0.25) is 0 Å². The Morgan fingerprint density at radius 3 is 2.37 bits per heavy atom. The Labute approximate surface area is 155 Å². The molecule has 2 aromatic carbocycles. The van der Waals surface area contributed by atoms with E-state index in [-0.39, 0.29) is 11.5 Å². The van der Waals surface area contributed by atoms with Crippen LogP contribution in [0.4, 0.5) is 21.6 Å². The molecule has 0 aliphatic carbocycles. The largest absolute Gasteiger partial charge is 0.497 e. The van der Waals surface area contributed by atoms with Crippen LogP contribution < -0.4 is 20.1 Å². The predicted octanol–water partition coefficient (Wildman–Crippen LogP) is 3.63. The minimum absolute atomic E-state index is 0.129. The lowest BCUT2D eigenvalue weighted by molar-refractivity contribution is 0.102. The van der Waals surface area contributed by atoms with Crippen LogP contribution in [0.1, 0.15) is 10.5 Å². The minimum Gasteiger partial charge on any atom is -0.497 e. The van der Waals surface area contributed by atoms with Gasteiger partial charge in [-0.05, 0) is 48.5 Å². The third-order valence-corrected chi connectivity index (χ3v) is 3.67. The fourth-order valence-corrected chi connectivity index (χ4v) is 2.30. The first kappa shape index (κ1) is 18.1. The van der Waals surface area contributed by atoms with Gasteiger partial charge in [-0.3, -0.25) is 4.79 Å². The van der Waals surface area contributed by atoms with Crippen molar-refractivity contribution in [3.8, 4) is 11.5 Å². The number of methoxy groups -OCH3 is 2. The molecule has 1 heterocycles. The number of ether oxygens (including phenoxy) is 2. The summed E-state index contributed by atoms with van der Waals surface area (Å²) in [6.07, 6.45) is 0. The first-order valence-electron chi connectivity index (χ1n) is 7.99. The van der Waals surface area contributed by atoms with Gasteiger partial charge < -0.3 is 20.1 Å². The maximum absolute atomic E-state index is 12.9. The molecule has 0 aliphatic rings. The van der Waals surface area contributed by atoms with Gasteiger partial charge in [0.1, 0.15) is 17.3 Å². The van der Waals surface area contributed by atoms with Crippen molar-refractivity contribution in [2.24, 2.45) is 0 Å². The Bertz CT molecular complexity index is 931. The van der Waals surface area contributed by atoms with Crippen LogP contribution in [-0.4, -0.2) is 30.3 Å². The zero-order chi connectivity index (χ0) is 19.2. The highest BCUT2D eigenvalue weighted by Crippen LogP contribution is 2.29. The number of halogens is 1. The van der Waals surface area contributed by atoms with E-state index in [9.17, 15) is 9.18 Å². The Balaban J connectivity index is 1.71. The van der Waals surface area contributed by atoms with Crippen LogP contribution in [0.25, 0.3) is 0 Å². The second-order valence-electron chi connectivity index (χ2n) is 5.46. The van der Waals surface area contributed by atoms with E-state index in [1.54, 1.807) is 36.4 Å². The Kier molecular flexibility index (Phi) is 5.46. The zero-order valence-corrected chi connectivity index (χ0v) is 14.7. The molecule has 7 nitrogen and oxygen atoms in total. The van der Waals surface area contributed by atoms with Gasteiger partial charge in [0.05, 0.1) is 19.9 Å². The normalized spacial score (nSPS) is 10.2. The first-order chi connectivity index (χ1) is 13.1. The monoisotopic (exact) mass is 368 g/mol. The predicted molar refractivity (Wildman–Crippen MR) is 99.2 cm³/mol. The number of amides is 1. The number of hydrogen-bond acceptors (Lipinski definition) is 6. The lowest BCUT2D eigenvalue weighted by atomic mass is 10.2. The molecule has 0 bridgehead atoms. The van der Waals surface area contributed by atoms with Crippen LogP contribution >= 0.6 is 0 Å². The zero-order valence-electron chi connectivity index (χ0n) is 14.7. The van der Waals surface area contributed by atoms with Gasteiger partial charge in [-0.15, -0.1) is 10.2 Å². The van der Waals surface area contributed by atoms with Crippen LogP contribution in [0.3, 0.4) is 0 Å². The van der Waals surface area contributed by atoms with E-state index in [1.807, 2.05) is 0 Å². The fourth-order valence-electron chi connectivity index (χ4n) is 2.30. The molecule has 0 unspecified atom stereocenters. The third-order valence-electron chi connectivity index (χ3n) is 3.67. The average Bonchev–Trinajstić information content (AvgIpc) is 2.70. The highest BCUT2D eigenvalue weighted by atomic mass is 19.1. The molecule has 1 amide bonds. The van der Waals surface area contributed by atoms with E-state index < -0.39 is 5.91 Å². The number of anilines is 3. The van der Waals surface area contributed by atoms with Crippen molar-refractivity contribution in [2.75, 3.05) is 24.9 Å². The summed E-state index contributed by atoms with van der Waals surface area (Å²) in [6, 6.07) is 14.0. The summed E-state index contributed by atoms with van der Waals surface area (Å²) in [6.45, 7) is 0. The molecule has 0 aliphatic heterocycles. The smallest absolute Gasteiger partial charge is 0.276 e. The summed E-state index contributed by atoms with van der Waals surface area (Å²) in [4.78, 5) is 12.4. The molecule has 2 N–H and O–H groups in total. The summed E-state index contributed by atoms with van der Waals surface area (Å²) in [5.41, 5.74) is 1.24. The molecular weight excluding hydrogens is 351 g/mol. The van der Waals surface area contributed by atoms with Gasteiger partial charge in [0, 0.05) is 11.8 Å². The van der Waals surface area contributed by atoms with Crippen molar-refractivity contribution in [2.45, 2.75) is 0 Å². The number of benzene rings is 2. The molecular formula is C19H17FN4O3. The molecule has 0 atom stereocenters. The number of nitrogens with one attached hydrogen (secondary N) is 2. The number of carbonyl (C=O) groups is 1. The highest BCUT2D eigenvalue weighted by Gasteiger charge is 2.13. The average molecular weight is 368 g/mol. The van der Waals surface area contributed by atoms with E-state index in [2.05, 4.69) is 20.8 Å². The minimum atomic E-state index is -0.442. The Morgan fingerprint density at radius 2 is 1.74 bits per heavy atom. The van der Waals surface area contributed by atoms with Gasteiger partial charge >= 0.3 is 0 Å². The second kappa shape index (κ2) is 8.13. The van der Waals surface area contributed by atoms with Crippen LogP contribution in [0.15, 0.2) is 54.6 Å². The van der Waals surface area contributed by atoms with Gasteiger partial charge in [-0.2, -0.15) is 0 Å². The molecule has 0 fully saturated rings. The van der Waals surface area contributed by atoms with Gasteiger partial charge in [0.15, 0.2) is 11.5 Å². The van der Waals surface area contributed by atoms with Gasteiger partial charge in [0.25, 0.3) is 5.91 Å². The SMILES string of the molecule is COc1ccc(OC)c(NC(=O)c2ccc(Nc3ccc(F)cc3)nn2)c1. The number of aromatic nitrogens is 2. The van der Waals surface area contributed by atoms with Crippen LogP contribution in [0, 0.1) is 5.82 Å². The lowest BCUT2D eigenvalue weighted by Gasteiger charge is -2.11. The topological polar surface area (TPSA) is 85.4 Å². The summed E-state index contributed by atoms with van der Waals surface area (Å²) >= 11 is 0. The molecule has 1 aromatic heterocycles. The molecule has 3 rings (SSSR count). The van der Waals surface area contributed by atoms with Crippen LogP contribution in [0.5, 0.6) is 11.5 Å². The molecule has 0 spiro atoms.